The smallest absolute Gasteiger partial charge is 0.223 e. The molecule has 0 atom stereocenters. The van der Waals surface area contributed by atoms with E-state index in [0.29, 0.717) is 13.1 Å². The maximum atomic E-state index is 11.7. The predicted molar refractivity (Wildman–Crippen MR) is 81.7 cm³/mol. The molecule has 4 heteroatoms. The van der Waals surface area contributed by atoms with E-state index in [0.717, 1.165) is 12.1 Å². The van der Waals surface area contributed by atoms with Crippen molar-refractivity contribution in [3.63, 3.8) is 0 Å². The van der Waals surface area contributed by atoms with Crippen LogP contribution in [-0.2, 0) is 16.0 Å². The highest BCUT2D eigenvalue weighted by Crippen LogP contribution is 2.15. The van der Waals surface area contributed by atoms with E-state index < -0.39 is 0 Å². The van der Waals surface area contributed by atoms with Crippen LogP contribution >= 0.6 is 0 Å². The Hall–Kier alpha value is -1.84. The third-order valence-electron chi connectivity index (χ3n) is 3.20. The fraction of sp³-hybridized carbons (Fsp3) is 0.500. The third-order valence-corrected chi connectivity index (χ3v) is 3.20. The lowest BCUT2D eigenvalue weighted by molar-refractivity contribution is -0.124. The van der Waals surface area contributed by atoms with Gasteiger partial charge in [0.25, 0.3) is 0 Å². The Labute approximate surface area is 121 Å². The molecular formula is C16H24N2O2. The van der Waals surface area contributed by atoms with Crippen LogP contribution in [0, 0.1) is 5.92 Å². The summed E-state index contributed by atoms with van der Waals surface area (Å²) in [6, 6.07) is 7.95. The number of carbonyl (C=O) groups excluding carboxylic acids is 2. The van der Waals surface area contributed by atoms with Crippen LogP contribution in [0.5, 0.6) is 0 Å². The summed E-state index contributed by atoms with van der Waals surface area (Å²) in [5.41, 5.74) is 2.11. The highest BCUT2D eigenvalue weighted by atomic mass is 16.2. The van der Waals surface area contributed by atoms with Crippen molar-refractivity contribution in [3.8, 4) is 0 Å². The van der Waals surface area contributed by atoms with E-state index in [1.165, 1.54) is 12.5 Å². The first-order valence-corrected chi connectivity index (χ1v) is 7.10. The number of benzene rings is 1. The normalized spacial score (nSPS) is 10.4. The van der Waals surface area contributed by atoms with Crippen LogP contribution in [0.3, 0.4) is 0 Å². The zero-order chi connectivity index (χ0) is 15.1. The Bertz CT molecular complexity index is 452. The van der Waals surface area contributed by atoms with E-state index in [1.807, 2.05) is 38.1 Å². The summed E-state index contributed by atoms with van der Waals surface area (Å²) in [6.07, 6.45) is 0.977. The molecule has 0 aliphatic heterocycles. The van der Waals surface area contributed by atoms with Gasteiger partial charge >= 0.3 is 0 Å². The van der Waals surface area contributed by atoms with E-state index in [9.17, 15) is 9.59 Å². The molecule has 4 nitrogen and oxygen atoms in total. The maximum Gasteiger partial charge on any atom is 0.223 e. The van der Waals surface area contributed by atoms with Crippen LogP contribution < -0.4 is 10.2 Å². The monoisotopic (exact) mass is 276 g/mol. The van der Waals surface area contributed by atoms with Crippen LogP contribution in [0.25, 0.3) is 0 Å². The molecular weight excluding hydrogens is 252 g/mol. The van der Waals surface area contributed by atoms with Crippen molar-refractivity contribution in [1.29, 1.82) is 0 Å². The van der Waals surface area contributed by atoms with E-state index >= 15 is 0 Å². The molecule has 0 aliphatic carbocycles. The molecule has 0 aromatic heterocycles. The van der Waals surface area contributed by atoms with Crippen molar-refractivity contribution < 1.29 is 9.59 Å². The van der Waals surface area contributed by atoms with Gasteiger partial charge in [-0.15, -0.1) is 0 Å². The minimum absolute atomic E-state index is 0.00910. The average molecular weight is 276 g/mol. The van der Waals surface area contributed by atoms with Gasteiger partial charge in [0.05, 0.1) is 0 Å². The first-order chi connectivity index (χ1) is 9.45. The third kappa shape index (κ3) is 4.68. The van der Waals surface area contributed by atoms with Crippen molar-refractivity contribution in [3.05, 3.63) is 29.8 Å². The lowest BCUT2D eigenvalue weighted by Crippen LogP contribution is -2.38. The lowest BCUT2D eigenvalue weighted by atomic mass is 10.1. The Morgan fingerprint density at radius 3 is 2.25 bits per heavy atom. The summed E-state index contributed by atoms with van der Waals surface area (Å²) < 4.78 is 0. The summed E-state index contributed by atoms with van der Waals surface area (Å²) in [6.45, 7) is 8.28. The van der Waals surface area contributed by atoms with Crippen molar-refractivity contribution in [1.82, 2.24) is 5.32 Å². The van der Waals surface area contributed by atoms with Crippen LogP contribution in [0.2, 0.25) is 0 Å². The van der Waals surface area contributed by atoms with Gasteiger partial charge in [0.15, 0.2) is 0 Å². The first kappa shape index (κ1) is 16.2. The standard InChI is InChI=1S/C16H24N2O2/c1-5-14-6-8-15(9-7-14)18(13(4)19)11-10-17-16(20)12(2)3/h6-9,12H,5,10-11H2,1-4H3,(H,17,20). The molecule has 0 bridgehead atoms. The molecule has 1 aromatic carbocycles. The Kier molecular flexibility index (Phi) is 6.22. The lowest BCUT2D eigenvalue weighted by Gasteiger charge is -2.22. The summed E-state index contributed by atoms with van der Waals surface area (Å²) >= 11 is 0. The number of anilines is 1. The Morgan fingerprint density at radius 2 is 1.80 bits per heavy atom. The van der Waals surface area contributed by atoms with Crippen molar-refractivity contribution in [2.75, 3.05) is 18.0 Å². The SMILES string of the molecule is CCc1ccc(N(CCNC(=O)C(C)C)C(C)=O)cc1. The number of nitrogens with one attached hydrogen (secondary N) is 1. The number of amides is 2. The average Bonchev–Trinajstić information content (AvgIpc) is 2.43. The number of hydrogen-bond acceptors (Lipinski definition) is 2. The second-order valence-corrected chi connectivity index (χ2v) is 5.14. The topological polar surface area (TPSA) is 49.4 Å². The number of aryl methyl sites for hydroxylation is 1. The van der Waals surface area contributed by atoms with Gasteiger partial charge in [-0.05, 0) is 24.1 Å². The summed E-state index contributed by atoms with van der Waals surface area (Å²) in [5, 5.41) is 2.83. The second-order valence-electron chi connectivity index (χ2n) is 5.14. The molecule has 110 valence electrons. The van der Waals surface area contributed by atoms with Crippen LogP contribution in [0.15, 0.2) is 24.3 Å². The molecule has 0 heterocycles. The Balaban J connectivity index is 2.64. The van der Waals surface area contributed by atoms with Gasteiger partial charge in [-0.2, -0.15) is 0 Å². The zero-order valence-electron chi connectivity index (χ0n) is 12.8. The van der Waals surface area contributed by atoms with Crippen molar-refractivity contribution >= 4 is 17.5 Å². The fourth-order valence-corrected chi connectivity index (χ4v) is 1.87. The number of rotatable bonds is 6. The van der Waals surface area contributed by atoms with Crippen LogP contribution in [0.4, 0.5) is 5.69 Å². The quantitative estimate of drug-likeness (QED) is 0.867. The molecule has 0 fully saturated rings. The van der Waals surface area contributed by atoms with Gasteiger partial charge in [-0.25, -0.2) is 0 Å². The van der Waals surface area contributed by atoms with E-state index in [1.54, 1.807) is 4.90 Å². The molecule has 1 aromatic rings. The van der Waals surface area contributed by atoms with Gasteiger partial charge in [0, 0.05) is 31.6 Å². The fourth-order valence-electron chi connectivity index (χ4n) is 1.87. The molecule has 0 saturated heterocycles. The molecule has 0 unspecified atom stereocenters. The molecule has 1 N–H and O–H groups in total. The molecule has 0 aliphatic rings. The summed E-state index contributed by atoms with van der Waals surface area (Å²) in [4.78, 5) is 24.9. The summed E-state index contributed by atoms with van der Waals surface area (Å²) in [7, 11) is 0. The van der Waals surface area contributed by atoms with Gasteiger partial charge in [0.2, 0.25) is 11.8 Å². The largest absolute Gasteiger partial charge is 0.354 e. The van der Waals surface area contributed by atoms with Gasteiger partial charge in [0.1, 0.15) is 0 Å². The second kappa shape index (κ2) is 7.68. The van der Waals surface area contributed by atoms with Crippen LogP contribution in [-0.4, -0.2) is 24.9 Å². The molecule has 1 rings (SSSR count). The molecule has 0 spiro atoms. The minimum Gasteiger partial charge on any atom is -0.354 e. The van der Waals surface area contributed by atoms with Crippen LogP contribution in [0.1, 0.15) is 33.3 Å². The van der Waals surface area contributed by atoms with Crippen molar-refractivity contribution in [2.45, 2.75) is 34.1 Å². The number of carbonyl (C=O) groups is 2. The van der Waals surface area contributed by atoms with E-state index in [2.05, 4.69) is 12.2 Å². The highest BCUT2D eigenvalue weighted by molar-refractivity contribution is 5.91. The first-order valence-electron chi connectivity index (χ1n) is 7.10. The molecule has 20 heavy (non-hydrogen) atoms. The van der Waals surface area contributed by atoms with Gasteiger partial charge in [-0.1, -0.05) is 32.9 Å². The molecule has 2 amide bonds. The maximum absolute atomic E-state index is 11.7. The summed E-state index contributed by atoms with van der Waals surface area (Å²) in [5.74, 6) is -0.0486. The van der Waals surface area contributed by atoms with Gasteiger partial charge in [-0.3, -0.25) is 9.59 Å². The minimum atomic E-state index is -0.0374. The Morgan fingerprint density at radius 1 is 1.20 bits per heavy atom. The molecule has 0 saturated carbocycles. The van der Waals surface area contributed by atoms with Crippen molar-refractivity contribution in [2.24, 2.45) is 5.92 Å². The van der Waals surface area contributed by atoms with E-state index in [4.69, 9.17) is 0 Å². The number of nitrogens with zero attached hydrogens (tertiary/aromatic N) is 1. The molecule has 0 radical (unpaired) electrons. The highest BCUT2D eigenvalue weighted by Gasteiger charge is 2.12. The van der Waals surface area contributed by atoms with Gasteiger partial charge < -0.3 is 10.2 Å². The predicted octanol–water partition coefficient (Wildman–Crippen LogP) is 2.37. The zero-order valence-corrected chi connectivity index (χ0v) is 12.8. The van der Waals surface area contributed by atoms with E-state index in [-0.39, 0.29) is 17.7 Å². The number of hydrogen-bond donors (Lipinski definition) is 1.